The van der Waals surface area contributed by atoms with Crippen molar-refractivity contribution in [2.75, 3.05) is 0 Å². The Kier molecular flexibility index (Phi) is 4.99. The lowest BCUT2D eigenvalue weighted by molar-refractivity contribution is 0.0478. The molecule has 0 saturated heterocycles. The highest BCUT2D eigenvalue weighted by molar-refractivity contribution is 6.20. The van der Waals surface area contributed by atoms with E-state index in [-0.39, 0.29) is 11.5 Å². The van der Waals surface area contributed by atoms with Crippen molar-refractivity contribution in [3.63, 3.8) is 0 Å². The van der Waals surface area contributed by atoms with Gasteiger partial charge in [0.2, 0.25) is 0 Å². The number of alkyl halides is 1. The van der Waals surface area contributed by atoms with Crippen molar-refractivity contribution in [2.24, 2.45) is 0 Å². The highest BCUT2D eigenvalue weighted by Gasteiger charge is 2.06. The average molecular weight is 213 g/mol. The molecule has 0 heterocycles. The summed E-state index contributed by atoms with van der Waals surface area (Å²) < 4.78 is 5.65. The summed E-state index contributed by atoms with van der Waals surface area (Å²) in [7, 11) is 0. The molecule has 0 bridgehead atoms. The van der Waals surface area contributed by atoms with Gasteiger partial charge in [-0.1, -0.05) is 30.3 Å². The van der Waals surface area contributed by atoms with Crippen LogP contribution in [0.4, 0.5) is 0 Å². The van der Waals surface area contributed by atoms with Gasteiger partial charge in [0.1, 0.15) is 0 Å². The molecule has 1 aromatic carbocycles. The maximum absolute atomic E-state index is 5.87. The first-order valence-corrected chi connectivity index (χ1v) is 5.41. The second-order valence-corrected chi connectivity index (χ2v) is 4.37. The Balaban J connectivity index is 2.27. The molecule has 1 rings (SSSR count). The molecule has 2 unspecified atom stereocenters. The van der Waals surface area contributed by atoms with E-state index in [1.807, 2.05) is 25.1 Å². The molecule has 0 saturated carbocycles. The predicted molar refractivity (Wildman–Crippen MR) is 60.6 cm³/mol. The molecule has 0 radical (unpaired) electrons. The molecule has 0 aliphatic heterocycles. The Bertz CT molecular complexity index is 246. The van der Waals surface area contributed by atoms with E-state index in [0.29, 0.717) is 6.61 Å². The largest absolute Gasteiger partial charge is 0.374 e. The summed E-state index contributed by atoms with van der Waals surface area (Å²) in [6, 6.07) is 10.2. The first-order valence-electron chi connectivity index (χ1n) is 4.98. The zero-order valence-electron chi connectivity index (χ0n) is 8.74. The molecular weight excluding hydrogens is 196 g/mol. The molecule has 0 aliphatic rings. The van der Waals surface area contributed by atoms with Crippen molar-refractivity contribution < 1.29 is 4.74 Å². The zero-order valence-corrected chi connectivity index (χ0v) is 9.50. The van der Waals surface area contributed by atoms with Crippen molar-refractivity contribution in [1.29, 1.82) is 0 Å². The molecule has 78 valence electrons. The number of halogens is 1. The summed E-state index contributed by atoms with van der Waals surface area (Å²) in [4.78, 5) is 0. The highest BCUT2D eigenvalue weighted by Crippen LogP contribution is 2.10. The fourth-order valence-electron chi connectivity index (χ4n) is 1.34. The van der Waals surface area contributed by atoms with Gasteiger partial charge in [-0.05, 0) is 25.8 Å². The minimum Gasteiger partial charge on any atom is -0.374 e. The SMILES string of the molecule is CC(Cl)CC(C)OCc1ccccc1. The van der Waals surface area contributed by atoms with Gasteiger partial charge in [-0.3, -0.25) is 0 Å². The summed E-state index contributed by atoms with van der Waals surface area (Å²) in [6.45, 7) is 4.72. The lowest BCUT2D eigenvalue weighted by Crippen LogP contribution is -2.12. The summed E-state index contributed by atoms with van der Waals surface area (Å²) in [5, 5.41) is 0.181. The molecule has 1 aromatic rings. The van der Waals surface area contributed by atoms with Gasteiger partial charge in [0.25, 0.3) is 0 Å². The maximum Gasteiger partial charge on any atom is 0.0720 e. The third kappa shape index (κ3) is 4.64. The first kappa shape index (κ1) is 11.5. The molecule has 1 nitrogen and oxygen atoms in total. The van der Waals surface area contributed by atoms with E-state index in [4.69, 9.17) is 16.3 Å². The molecule has 2 atom stereocenters. The van der Waals surface area contributed by atoms with E-state index in [2.05, 4.69) is 19.1 Å². The summed E-state index contributed by atoms with van der Waals surface area (Å²) in [5.41, 5.74) is 1.21. The van der Waals surface area contributed by atoms with Crippen LogP contribution in [0.15, 0.2) is 30.3 Å². The van der Waals surface area contributed by atoms with Gasteiger partial charge in [0.15, 0.2) is 0 Å². The van der Waals surface area contributed by atoms with Crippen molar-refractivity contribution in [3.05, 3.63) is 35.9 Å². The van der Waals surface area contributed by atoms with Crippen LogP contribution in [0.3, 0.4) is 0 Å². The Labute approximate surface area is 91.0 Å². The van der Waals surface area contributed by atoms with Gasteiger partial charge in [-0.2, -0.15) is 0 Å². The van der Waals surface area contributed by atoms with E-state index in [1.54, 1.807) is 0 Å². The van der Waals surface area contributed by atoms with Gasteiger partial charge in [0.05, 0.1) is 12.7 Å². The van der Waals surface area contributed by atoms with E-state index >= 15 is 0 Å². The van der Waals surface area contributed by atoms with Gasteiger partial charge in [0, 0.05) is 5.38 Å². The van der Waals surface area contributed by atoms with Crippen LogP contribution in [-0.2, 0) is 11.3 Å². The lowest BCUT2D eigenvalue weighted by atomic mass is 10.2. The normalized spacial score (nSPS) is 15.1. The van der Waals surface area contributed by atoms with E-state index in [9.17, 15) is 0 Å². The smallest absolute Gasteiger partial charge is 0.0720 e. The van der Waals surface area contributed by atoms with E-state index in [0.717, 1.165) is 6.42 Å². The van der Waals surface area contributed by atoms with E-state index < -0.39 is 0 Å². The number of benzene rings is 1. The van der Waals surface area contributed by atoms with Crippen molar-refractivity contribution in [2.45, 2.75) is 38.4 Å². The number of hydrogen-bond donors (Lipinski definition) is 0. The number of rotatable bonds is 5. The second kappa shape index (κ2) is 6.05. The fourth-order valence-corrected chi connectivity index (χ4v) is 1.59. The Morgan fingerprint density at radius 3 is 2.43 bits per heavy atom. The topological polar surface area (TPSA) is 9.23 Å². The number of ether oxygens (including phenoxy) is 1. The Morgan fingerprint density at radius 2 is 1.86 bits per heavy atom. The molecule has 0 amide bonds. The van der Waals surface area contributed by atoms with Crippen LogP contribution in [-0.4, -0.2) is 11.5 Å². The molecule has 14 heavy (non-hydrogen) atoms. The van der Waals surface area contributed by atoms with Crippen molar-refractivity contribution in [1.82, 2.24) is 0 Å². The van der Waals surface area contributed by atoms with Crippen LogP contribution < -0.4 is 0 Å². The third-order valence-electron chi connectivity index (χ3n) is 2.03. The predicted octanol–water partition coefficient (Wildman–Crippen LogP) is 3.61. The molecule has 0 spiro atoms. The summed E-state index contributed by atoms with van der Waals surface area (Å²) in [5.74, 6) is 0. The maximum atomic E-state index is 5.87. The van der Waals surface area contributed by atoms with Crippen LogP contribution in [0, 0.1) is 0 Å². The molecular formula is C12H17ClO. The van der Waals surface area contributed by atoms with Crippen LogP contribution in [0.2, 0.25) is 0 Å². The van der Waals surface area contributed by atoms with E-state index in [1.165, 1.54) is 5.56 Å². The minimum absolute atomic E-state index is 0.181. The quantitative estimate of drug-likeness (QED) is 0.678. The summed E-state index contributed by atoms with van der Waals surface area (Å²) in [6.07, 6.45) is 1.12. The molecule has 0 aliphatic carbocycles. The van der Waals surface area contributed by atoms with Crippen LogP contribution >= 0.6 is 11.6 Å². The molecule has 0 fully saturated rings. The average Bonchev–Trinajstić information content (AvgIpc) is 2.15. The van der Waals surface area contributed by atoms with Gasteiger partial charge in [-0.15, -0.1) is 11.6 Å². The fraction of sp³-hybridized carbons (Fsp3) is 0.500. The van der Waals surface area contributed by atoms with Gasteiger partial charge < -0.3 is 4.74 Å². The minimum atomic E-state index is 0.181. The molecule has 2 heteroatoms. The number of hydrogen-bond acceptors (Lipinski definition) is 1. The molecule has 0 aromatic heterocycles. The van der Waals surface area contributed by atoms with Crippen LogP contribution in [0.5, 0.6) is 0 Å². The third-order valence-corrected chi connectivity index (χ3v) is 2.21. The highest BCUT2D eigenvalue weighted by atomic mass is 35.5. The second-order valence-electron chi connectivity index (χ2n) is 3.62. The first-order chi connectivity index (χ1) is 6.68. The van der Waals surface area contributed by atoms with Crippen LogP contribution in [0.25, 0.3) is 0 Å². The monoisotopic (exact) mass is 212 g/mol. The summed E-state index contributed by atoms with van der Waals surface area (Å²) >= 11 is 5.87. The standard InChI is InChI=1S/C12H17ClO/c1-10(13)8-11(2)14-9-12-6-4-3-5-7-12/h3-7,10-11H,8-9H2,1-2H3. The molecule has 0 N–H and O–H groups in total. The zero-order chi connectivity index (χ0) is 10.4. The lowest BCUT2D eigenvalue weighted by Gasteiger charge is -2.14. The van der Waals surface area contributed by atoms with Crippen molar-refractivity contribution >= 4 is 11.6 Å². The van der Waals surface area contributed by atoms with Crippen molar-refractivity contribution in [3.8, 4) is 0 Å². The van der Waals surface area contributed by atoms with Gasteiger partial charge in [-0.25, -0.2) is 0 Å². The Hall–Kier alpha value is -0.530. The Morgan fingerprint density at radius 1 is 1.21 bits per heavy atom. The van der Waals surface area contributed by atoms with Gasteiger partial charge >= 0.3 is 0 Å². The van der Waals surface area contributed by atoms with Crippen LogP contribution in [0.1, 0.15) is 25.8 Å².